The average molecular weight is 216 g/mol. The molecule has 0 aliphatic rings. The highest BCUT2D eigenvalue weighted by Crippen LogP contribution is 2.20. The average Bonchev–Trinajstić information content (AvgIpc) is 2.29. The lowest BCUT2D eigenvalue weighted by molar-refractivity contribution is 0.415. The monoisotopic (exact) mass is 216 g/mol. The van der Waals surface area contributed by atoms with Gasteiger partial charge in [0.15, 0.2) is 0 Å². The van der Waals surface area contributed by atoms with E-state index in [2.05, 4.69) is 38.6 Å². The highest BCUT2D eigenvalue weighted by molar-refractivity contribution is 5.66. The van der Waals surface area contributed by atoms with Crippen LogP contribution in [-0.4, -0.2) is 7.11 Å². The summed E-state index contributed by atoms with van der Waals surface area (Å²) in [5.74, 6) is 0.893. The lowest BCUT2D eigenvalue weighted by Crippen LogP contribution is -1.85. The van der Waals surface area contributed by atoms with Crippen molar-refractivity contribution in [1.82, 2.24) is 0 Å². The number of hydrogen-bond acceptors (Lipinski definition) is 1. The van der Waals surface area contributed by atoms with Gasteiger partial charge in [0.2, 0.25) is 0 Å². The van der Waals surface area contributed by atoms with Crippen LogP contribution >= 0.6 is 0 Å². The van der Waals surface area contributed by atoms with E-state index in [0.29, 0.717) is 0 Å². The summed E-state index contributed by atoms with van der Waals surface area (Å²) in [4.78, 5) is 0. The highest BCUT2D eigenvalue weighted by Gasteiger charge is 1.97. The maximum absolute atomic E-state index is 5.13. The van der Waals surface area contributed by atoms with Gasteiger partial charge in [-0.05, 0) is 36.6 Å². The SMILES string of the molecule is C=C(C=C(C)c1ccc(OC)cc1)CCC. The van der Waals surface area contributed by atoms with Crippen molar-refractivity contribution in [3.8, 4) is 5.75 Å². The van der Waals surface area contributed by atoms with E-state index in [1.807, 2.05) is 12.1 Å². The van der Waals surface area contributed by atoms with Gasteiger partial charge < -0.3 is 4.74 Å². The Morgan fingerprint density at radius 2 is 1.94 bits per heavy atom. The van der Waals surface area contributed by atoms with E-state index < -0.39 is 0 Å². The molecule has 0 aliphatic carbocycles. The largest absolute Gasteiger partial charge is 0.497 e. The summed E-state index contributed by atoms with van der Waals surface area (Å²) in [6.45, 7) is 8.32. The Bertz CT molecular complexity index is 371. The topological polar surface area (TPSA) is 9.23 Å². The van der Waals surface area contributed by atoms with Gasteiger partial charge in [-0.3, -0.25) is 0 Å². The molecule has 1 aromatic rings. The van der Waals surface area contributed by atoms with Gasteiger partial charge in [0.25, 0.3) is 0 Å². The number of rotatable bonds is 5. The van der Waals surface area contributed by atoms with E-state index in [1.165, 1.54) is 16.7 Å². The van der Waals surface area contributed by atoms with Crippen LogP contribution in [0.1, 0.15) is 32.3 Å². The third-order valence-electron chi connectivity index (χ3n) is 2.54. The van der Waals surface area contributed by atoms with Crippen LogP contribution in [0.3, 0.4) is 0 Å². The summed E-state index contributed by atoms with van der Waals surface area (Å²) in [6.07, 6.45) is 4.37. The number of methoxy groups -OCH3 is 1. The molecule has 0 unspecified atom stereocenters. The van der Waals surface area contributed by atoms with Gasteiger partial charge in [-0.1, -0.05) is 43.7 Å². The molecular formula is C15H20O. The van der Waals surface area contributed by atoms with Crippen LogP contribution in [0.25, 0.3) is 5.57 Å². The van der Waals surface area contributed by atoms with Gasteiger partial charge in [-0.25, -0.2) is 0 Å². The number of benzene rings is 1. The van der Waals surface area contributed by atoms with Crippen LogP contribution < -0.4 is 4.74 Å². The van der Waals surface area contributed by atoms with Gasteiger partial charge in [-0.15, -0.1) is 0 Å². The van der Waals surface area contributed by atoms with Crippen molar-refractivity contribution >= 4 is 5.57 Å². The smallest absolute Gasteiger partial charge is 0.118 e. The molecule has 0 radical (unpaired) electrons. The highest BCUT2D eigenvalue weighted by atomic mass is 16.5. The molecule has 0 saturated heterocycles. The first-order valence-corrected chi connectivity index (χ1v) is 5.68. The molecule has 1 nitrogen and oxygen atoms in total. The molecule has 1 rings (SSSR count). The van der Waals surface area contributed by atoms with Crippen molar-refractivity contribution in [2.45, 2.75) is 26.7 Å². The maximum Gasteiger partial charge on any atom is 0.118 e. The van der Waals surface area contributed by atoms with Gasteiger partial charge in [0.1, 0.15) is 5.75 Å². The first kappa shape index (κ1) is 12.6. The molecule has 0 saturated carbocycles. The minimum atomic E-state index is 0.893. The predicted octanol–water partition coefficient (Wildman–Crippen LogP) is 4.45. The second-order valence-corrected chi connectivity index (χ2v) is 3.96. The number of hydrogen-bond donors (Lipinski definition) is 0. The Kier molecular flexibility index (Phi) is 4.84. The Labute approximate surface area is 98.5 Å². The second-order valence-electron chi connectivity index (χ2n) is 3.96. The standard InChI is InChI=1S/C15H20O/c1-5-6-12(2)11-13(3)14-7-9-15(16-4)10-8-14/h7-11H,2,5-6H2,1,3-4H3. The van der Waals surface area contributed by atoms with Gasteiger partial charge in [0, 0.05) is 0 Å². The van der Waals surface area contributed by atoms with E-state index in [4.69, 9.17) is 4.74 Å². The number of allylic oxidation sites excluding steroid dienone is 3. The van der Waals surface area contributed by atoms with Crippen molar-refractivity contribution in [3.05, 3.63) is 48.1 Å². The van der Waals surface area contributed by atoms with Crippen molar-refractivity contribution in [2.75, 3.05) is 7.11 Å². The van der Waals surface area contributed by atoms with Crippen LogP contribution in [0.4, 0.5) is 0 Å². The zero-order valence-electron chi connectivity index (χ0n) is 10.4. The Hall–Kier alpha value is -1.50. The summed E-state index contributed by atoms with van der Waals surface area (Å²) in [7, 11) is 1.68. The van der Waals surface area contributed by atoms with Gasteiger partial charge in [-0.2, -0.15) is 0 Å². The van der Waals surface area contributed by atoms with E-state index in [1.54, 1.807) is 7.11 Å². The summed E-state index contributed by atoms with van der Waals surface area (Å²) in [5, 5.41) is 0. The van der Waals surface area contributed by atoms with Crippen LogP contribution in [0.15, 0.2) is 42.5 Å². The molecule has 0 aromatic heterocycles. The minimum Gasteiger partial charge on any atom is -0.497 e. The molecule has 0 fully saturated rings. The molecule has 0 N–H and O–H groups in total. The van der Waals surface area contributed by atoms with Gasteiger partial charge >= 0.3 is 0 Å². The summed E-state index contributed by atoms with van der Waals surface area (Å²) < 4.78 is 5.13. The lowest BCUT2D eigenvalue weighted by atomic mass is 10.0. The first-order valence-electron chi connectivity index (χ1n) is 5.68. The van der Waals surface area contributed by atoms with Crippen molar-refractivity contribution in [3.63, 3.8) is 0 Å². The van der Waals surface area contributed by atoms with Crippen LogP contribution in [0.5, 0.6) is 5.75 Å². The molecule has 0 spiro atoms. The Morgan fingerprint density at radius 3 is 2.44 bits per heavy atom. The zero-order valence-corrected chi connectivity index (χ0v) is 10.4. The summed E-state index contributed by atoms with van der Waals surface area (Å²) in [6, 6.07) is 8.11. The molecule has 0 bridgehead atoms. The third-order valence-corrected chi connectivity index (χ3v) is 2.54. The van der Waals surface area contributed by atoms with Crippen molar-refractivity contribution < 1.29 is 4.74 Å². The molecule has 1 aromatic carbocycles. The molecule has 0 aliphatic heterocycles. The molecule has 1 heteroatoms. The molecule has 86 valence electrons. The third kappa shape index (κ3) is 3.58. The van der Waals surface area contributed by atoms with Crippen LogP contribution in [0, 0.1) is 0 Å². The zero-order chi connectivity index (χ0) is 12.0. The fourth-order valence-corrected chi connectivity index (χ4v) is 1.64. The Morgan fingerprint density at radius 1 is 1.31 bits per heavy atom. The van der Waals surface area contributed by atoms with E-state index in [-0.39, 0.29) is 0 Å². The molecule has 16 heavy (non-hydrogen) atoms. The summed E-state index contributed by atoms with van der Waals surface area (Å²) >= 11 is 0. The van der Waals surface area contributed by atoms with E-state index in [0.717, 1.165) is 18.6 Å². The Balaban J connectivity index is 2.79. The summed E-state index contributed by atoms with van der Waals surface area (Å²) in [5.41, 5.74) is 3.66. The number of ether oxygens (including phenoxy) is 1. The predicted molar refractivity (Wildman–Crippen MR) is 70.7 cm³/mol. The van der Waals surface area contributed by atoms with Gasteiger partial charge in [0.05, 0.1) is 7.11 Å². The van der Waals surface area contributed by atoms with Crippen molar-refractivity contribution in [1.29, 1.82) is 0 Å². The lowest BCUT2D eigenvalue weighted by Gasteiger charge is -2.05. The van der Waals surface area contributed by atoms with Crippen LogP contribution in [-0.2, 0) is 0 Å². The fraction of sp³-hybridized carbons (Fsp3) is 0.333. The second kappa shape index (κ2) is 6.16. The van der Waals surface area contributed by atoms with E-state index in [9.17, 15) is 0 Å². The fourth-order valence-electron chi connectivity index (χ4n) is 1.64. The molecular weight excluding hydrogens is 196 g/mol. The minimum absolute atomic E-state index is 0.893. The normalized spacial score (nSPS) is 11.3. The van der Waals surface area contributed by atoms with E-state index >= 15 is 0 Å². The molecule has 0 amide bonds. The van der Waals surface area contributed by atoms with Crippen molar-refractivity contribution in [2.24, 2.45) is 0 Å². The molecule has 0 heterocycles. The maximum atomic E-state index is 5.13. The quantitative estimate of drug-likeness (QED) is 0.660. The first-order chi connectivity index (χ1) is 7.67. The molecule has 0 atom stereocenters. The van der Waals surface area contributed by atoms with Crippen LogP contribution in [0.2, 0.25) is 0 Å².